The highest BCUT2D eigenvalue weighted by Gasteiger charge is 2.15. The summed E-state index contributed by atoms with van der Waals surface area (Å²) >= 11 is 6.13. The van der Waals surface area contributed by atoms with Gasteiger partial charge in [0.05, 0.1) is 10.7 Å². The molecular weight excluding hydrogens is 368 g/mol. The van der Waals surface area contributed by atoms with E-state index in [9.17, 15) is 9.59 Å². The lowest BCUT2D eigenvalue weighted by molar-refractivity contribution is 0.0984. The molecule has 0 amide bonds. The number of carbonyl (C=O) groups is 2. The van der Waals surface area contributed by atoms with Gasteiger partial charge < -0.3 is 8.83 Å². The van der Waals surface area contributed by atoms with E-state index in [1.165, 1.54) is 0 Å². The van der Waals surface area contributed by atoms with Crippen LogP contribution >= 0.6 is 31.9 Å². The Hall–Kier alpha value is -1.14. The van der Waals surface area contributed by atoms with Crippen molar-refractivity contribution >= 4 is 43.4 Å². The van der Waals surface area contributed by atoms with Gasteiger partial charge >= 0.3 is 0 Å². The third kappa shape index (κ3) is 2.64. The topological polar surface area (TPSA) is 60.4 Å². The van der Waals surface area contributed by atoms with E-state index in [2.05, 4.69) is 31.9 Å². The molecule has 6 heteroatoms. The van der Waals surface area contributed by atoms with Gasteiger partial charge in [0.1, 0.15) is 0 Å². The molecule has 0 aliphatic rings. The molecule has 0 unspecified atom stereocenters. The fraction of sp³-hybridized carbons (Fsp3) is 0.167. The van der Waals surface area contributed by atoms with Crippen LogP contribution in [0.15, 0.2) is 33.1 Å². The zero-order chi connectivity index (χ0) is 13.1. The maximum absolute atomic E-state index is 11.4. The molecule has 0 fully saturated rings. The highest BCUT2D eigenvalue weighted by Crippen LogP contribution is 2.25. The number of alkyl halides is 2. The van der Waals surface area contributed by atoms with E-state index in [1.54, 1.807) is 24.3 Å². The van der Waals surface area contributed by atoms with Crippen molar-refractivity contribution in [3.8, 4) is 11.5 Å². The summed E-state index contributed by atoms with van der Waals surface area (Å²) in [7, 11) is 0. The van der Waals surface area contributed by atoms with Gasteiger partial charge in [-0.2, -0.15) is 0 Å². The summed E-state index contributed by atoms with van der Waals surface area (Å²) in [5.41, 5.74) is 0. The first-order valence-electron chi connectivity index (χ1n) is 5.04. The van der Waals surface area contributed by atoms with Gasteiger partial charge in [0, 0.05) is 0 Å². The molecule has 4 nitrogen and oxygen atoms in total. The lowest BCUT2D eigenvalue weighted by atomic mass is 10.3. The standard InChI is InChI=1S/C12H8Br2O4/c13-5-7(15)9-1-3-11(17-9)12-4-2-10(18-12)8(16)6-14/h1-4H,5-6H2. The second kappa shape index (κ2) is 5.67. The maximum atomic E-state index is 11.4. The summed E-state index contributed by atoms with van der Waals surface area (Å²) < 4.78 is 10.7. The van der Waals surface area contributed by atoms with E-state index in [0.29, 0.717) is 11.5 Å². The van der Waals surface area contributed by atoms with Gasteiger partial charge in [0.25, 0.3) is 0 Å². The smallest absolute Gasteiger partial charge is 0.208 e. The molecule has 2 heterocycles. The Kier molecular flexibility index (Phi) is 4.19. The van der Waals surface area contributed by atoms with Crippen molar-refractivity contribution < 1.29 is 18.4 Å². The third-order valence-electron chi connectivity index (χ3n) is 2.25. The molecule has 2 aromatic heterocycles. The summed E-state index contributed by atoms with van der Waals surface area (Å²) in [4.78, 5) is 22.8. The number of carbonyl (C=O) groups excluding carboxylic acids is 2. The third-order valence-corrected chi connectivity index (χ3v) is 3.27. The molecule has 0 radical (unpaired) electrons. The number of rotatable bonds is 5. The monoisotopic (exact) mass is 374 g/mol. The minimum absolute atomic E-state index is 0.149. The highest BCUT2D eigenvalue weighted by atomic mass is 79.9. The van der Waals surface area contributed by atoms with E-state index < -0.39 is 0 Å². The molecule has 0 saturated heterocycles. The number of ketones is 2. The van der Waals surface area contributed by atoms with Crippen molar-refractivity contribution in [2.75, 3.05) is 10.7 Å². The minimum atomic E-state index is -0.149. The van der Waals surface area contributed by atoms with Gasteiger partial charge in [-0.25, -0.2) is 0 Å². The largest absolute Gasteiger partial charge is 0.450 e. The van der Waals surface area contributed by atoms with Gasteiger partial charge in [-0.3, -0.25) is 9.59 Å². The fourth-order valence-corrected chi connectivity index (χ4v) is 1.92. The molecule has 0 aliphatic heterocycles. The number of halogens is 2. The Bertz CT molecular complexity index is 530. The molecule has 18 heavy (non-hydrogen) atoms. The summed E-state index contributed by atoms with van der Waals surface area (Å²) in [5.74, 6) is 1.06. The normalized spacial score (nSPS) is 10.6. The predicted molar refractivity (Wildman–Crippen MR) is 72.7 cm³/mol. The van der Waals surface area contributed by atoms with E-state index in [1.807, 2.05) is 0 Å². The van der Waals surface area contributed by atoms with Crippen molar-refractivity contribution in [1.82, 2.24) is 0 Å². The first-order valence-corrected chi connectivity index (χ1v) is 7.28. The highest BCUT2D eigenvalue weighted by molar-refractivity contribution is 9.09. The number of furan rings is 2. The van der Waals surface area contributed by atoms with Crippen molar-refractivity contribution in [3.05, 3.63) is 35.8 Å². The summed E-state index contributed by atoms with van der Waals surface area (Å²) in [6, 6.07) is 6.43. The van der Waals surface area contributed by atoms with Crippen LogP contribution in [-0.2, 0) is 0 Å². The van der Waals surface area contributed by atoms with Gasteiger partial charge in [-0.1, -0.05) is 31.9 Å². The van der Waals surface area contributed by atoms with Crippen LogP contribution < -0.4 is 0 Å². The first kappa shape index (κ1) is 13.3. The van der Waals surface area contributed by atoms with Crippen LogP contribution in [0.1, 0.15) is 21.1 Å². The van der Waals surface area contributed by atoms with Crippen LogP contribution in [0.4, 0.5) is 0 Å². The maximum Gasteiger partial charge on any atom is 0.208 e. The Morgan fingerprint density at radius 2 is 1.22 bits per heavy atom. The molecule has 2 rings (SSSR count). The van der Waals surface area contributed by atoms with Crippen LogP contribution in [0.2, 0.25) is 0 Å². The summed E-state index contributed by atoms with van der Waals surface area (Å²) in [6.07, 6.45) is 0. The lowest BCUT2D eigenvalue weighted by Gasteiger charge is -1.92. The number of hydrogen-bond acceptors (Lipinski definition) is 4. The zero-order valence-corrected chi connectivity index (χ0v) is 12.3. The lowest BCUT2D eigenvalue weighted by Crippen LogP contribution is -1.96. The Morgan fingerprint density at radius 3 is 1.56 bits per heavy atom. The van der Waals surface area contributed by atoms with Gasteiger partial charge in [0.2, 0.25) is 11.6 Å². The van der Waals surface area contributed by atoms with Crippen LogP contribution in [-0.4, -0.2) is 22.2 Å². The second-order valence-corrected chi connectivity index (χ2v) is 4.56. The first-order chi connectivity index (χ1) is 8.65. The van der Waals surface area contributed by atoms with E-state index in [0.717, 1.165) is 0 Å². The van der Waals surface area contributed by atoms with Crippen molar-refractivity contribution in [2.45, 2.75) is 0 Å². The molecule has 0 aliphatic carbocycles. The molecular formula is C12H8Br2O4. The molecule has 0 N–H and O–H groups in total. The molecule has 0 spiro atoms. The van der Waals surface area contributed by atoms with E-state index in [-0.39, 0.29) is 33.7 Å². The average molecular weight is 376 g/mol. The second-order valence-electron chi connectivity index (χ2n) is 3.44. The molecule has 94 valence electrons. The molecule has 2 aromatic rings. The fourth-order valence-electron chi connectivity index (χ4n) is 1.37. The Labute approximate surface area is 120 Å². The van der Waals surface area contributed by atoms with Crippen LogP contribution in [0.3, 0.4) is 0 Å². The molecule has 0 bridgehead atoms. The van der Waals surface area contributed by atoms with E-state index >= 15 is 0 Å². The van der Waals surface area contributed by atoms with Gasteiger partial charge in [-0.15, -0.1) is 0 Å². The van der Waals surface area contributed by atoms with Crippen molar-refractivity contribution in [1.29, 1.82) is 0 Å². The van der Waals surface area contributed by atoms with Crippen molar-refractivity contribution in [3.63, 3.8) is 0 Å². The SMILES string of the molecule is O=C(CBr)c1ccc(-c2ccc(C(=O)CBr)o2)o1. The van der Waals surface area contributed by atoms with Crippen LogP contribution in [0.5, 0.6) is 0 Å². The summed E-state index contributed by atoms with van der Waals surface area (Å²) in [5, 5.41) is 0.400. The quantitative estimate of drug-likeness (QED) is 0.590. The number of hydrogen-bond donors (Lipinski definition) is 0. The zero-order valence-electron chi connectivity index (χ0n) is 9.11. The molecule has 0 saturated carbocycles. The van der Waals surface area contributed by atoms with Gasteiger partial charge in [-0.05, 0) is 24.3 Å². The Balaban J connectivity index is 2.26. The average Bonchev–Trinajstić information content (AvgIpc) is 3.04. The molecule has 0 aromatic carbocycles. The van der Waals surface area contributed by atoms with Gasteiger partial charge in [0.15, 0.2) is 23.0 Å². The Morgan fingerprint density at radius 1 is 0.833 bits per heavy atom. The van der Waals surface area contributed by atoms with Crippen LogP contribution in [0.25, 0.3) is 11.5 Å². The van der Waals surface area contributed by atoms with Crippen molar-refractivity contribution in [2.24, 2.45) is 0 Å². The number of Topliss-reactive ketones (excluding diaryl/α,β-unsaturated/α-hetero) is 2. The molecule has 0 atom stereocenters. The van der Waals surface area contributed by atoms with E-state index in [4.69, 9.17) is 8.83 Å². The predicted octanol–water partition coefficient (Wildman–Crippen LogP) is 3.69. The minimum Gasteiger partial charge on any atom is -0.450 e. The summed E-state index contributed by atoms with van der Waals surface area (Å²) in [6.45, 7) is 0. The van der Waals surface area contributed by atoms with Crippen LogP contribution in [0, 0.1) is 0 Å².